The number of ketones is 1. The van der Waals surface area contributed by atoms with E-state index in [1.807, 2.05) is 55.5 Å². The van der Waals surface area contributed by atoms with Gasteiger partial charge in [-0.1, -0.05) is 71.8 Å². The van der Waals surface area contributed by atoms with Crippen LogP contribution >= 0.6 is 0 Å². The van der Waals surface area contributed by atoms with Crippen LogP contribution in [0.5, 0.6) is 0 Å². The van der Waals surface area contributed by atoms with Gasteiger partial charge in [0, 0.05) is 24.6 Å². The number of aryl methyl sites for hydroxylation is 2. The standard InChI is InChI=1S/C29H28N2O2/c1-18-8-12-21(13-9-18)23-16-25-28(27(33)17-23)29(22-14-10-19(2)11-15-22)31(20(3)32)26-7-5-4-6-24(26)30-25/h4-15,23,29-30H,16-17H2,1-3H3. The second-order valence-electron chi connectivity index (χ2n) is 9.18. The van der Waals surface area contributed by atoms with Crippen LogP contribution in [-0.4, -0.2) is 11.7 Å². The third-order valence-electron chi connectivity index (χ3n) is 6.77. The average molecular weight is 437 g/mol. The Kier molecular flexibility index (Phi) is 5.37. The van der Waals surface area contributed by atoms with Crippen LogP contribution in [0.2, 0.25) is 0 Å². The SMILES string of the molecule is CC(=O)N1c2ccccc2NC2=C(C(=O)CC(c3ccc(C)cc3)C2)C1c1ccc(C)cc1. The molecule has 2 unspecified atom stereocenters. The Morgan fingerprint density at radius 1 is 0.848 bits per heavy atom. The molecule has 0 bridgehead atoms. The van der Waals surface area contributed by atoms with E-state index in [-0.39, 0.29) is 17.6 Å². The van der Waals surface area contributed by atoms with Gasteiger partial charge in [-0.25, -0.2) is 0 Å². The molecule has 1 aliphatic heterocycles. The van der Waals surface area contributed by atoms with Crippen LogP contribution in [0, 0.1) is 13.8 Å². The molecule has 1 aliphatic carbocycles. The van der Waals surface area contributed by atoms with Crippen LogP contribution in [0.3, 0.4) is 0 Å². The first-order valence-corrected chi connectivity index (χ1v) is 11.5. The summed E-state index contributed by atoms with van der Waals surface area (Å²) in [6.45, 7) is 5.69. The number of nitrogens with zero attached hydrogens (tertiary/aromatic N) is 1. The number of Topliss-reactive ketones (excluding diaryl/α,β-unsaturated/α-hetero) is 1. The lowest BCUT2D eigenvalue weighted by Crippen LogP contribution is -2.37. The highest BCUT2D eigenvalue weighted by molar-refractivity contribution is 6.06. The van der Waals surface area contributed by atoms with Gasteiger partial charge in [0.25, 0.3) is 0 Å². The molecule has 3 aromatic carbocycles. The van der Waals surface area contributed by atoms with E-state index in [2.05, 4.69) is 36.5 Å². The largest absolute Gasteiger partial charge is 0.357 e. The minimum absolute atomic E-state index is 0.0861. The lowest BCUT2D eigenvalue weighted by atomic mass is 9.78. The summed E-state index contributed by atoms with van der Waals surface area (Å²) in [6.07, 6.45) is 1.17. The van der Waals surface area contributed by atoms with Gasteiger partial charge in [0.05, 0.1) is 17.4 Å². The number of allylic oxidation sites excluding steroid dienone is 1. The van der Waals surface area contributed by atoms with E-state index in [1.165, 1.54) is 11.1 Å². The fourth-order valence-corrected chi connectivity index (χ4v) is 5.08. The van der Waals surface area contributed by atoms with E-state index in [0.717, 1.165) is 34.6 Å². The van der Waals surface area contributed by atoms with E-state index < -0.39 is 6.04 Å². The normalized spacial score (nSPS) is 20.0. The molecule has 0 saturated heterocycles. The molecule has 0 saturated carbocycles. The molecule has 0 radical (unpaired) electrons. The van der Waals surface area contributed by atoms with Crippen molar-refractivity contribution >= 4 is 23.1 Å². The smallest absolute Gasteiger partial charge is 0.224 e. The van der Waals surface area contributed by atoms with E-state index >= 15 is 0 Å². The van der Waals surface area contributed by atoms with Crippen molar-refractivity contribution in [3.8, 4) is 0 Å². The Bertz CT molecular complexity index is 1260. The summed E-state index contributed by atoms with van der Waals surface area (Å²) in [5.74, 6) is 0.120. The Morgan fingerprint density at radius 3 is 2.09 bits per heavy atom. The summed E-state index contributed by atoms with van der Waals surface area (Å²) in [5.41, 5.74) is 7.74. The molecule has 0 aromatic heterocycles. The molecule has 4 nitrogen and oxygen atoms in total. The number of carbonyl (C=O) groups excluding carboxylic acids is 2. The first-order valence-electron chi connectivity index (χ1n) is 11.5. The topological polar surface area (TPSA) is 49.4 Å². The van der Waals surface area contributed by atoms with Crippen molar-refractivity contribution in [2.45, 2.75) is 45.6 Å². The predicted molar refractivity (Wildman–Crippen MR) is 132 cm³/mol. The van der Waals surface area contributed by atoms with Crippen molar-refractivity contribution in [2.75, 3.05) is 10.2 Å². The number of carbonyl (C=O) groups is 2. The number of amides is 1. The average Bonchev–Trinajstić information content (AvgIpc) is 2.94. The molecule has 2 aliphatic rings. The van der Waals surface area contributed by atoms with Crippen molar-refractivity contribution in [1.29, 1.82) is 0 Å². The molecule has 3 aromatic rings. The number of hydrogen-bond donors (Lipinski definition) is 1. The van der Waals surface area contributed by atoms with Crippen LogP contribution in [0.4, 0.5) is 11.4 Å². The molecular weight excluding hydrogens is 408 g/mol. The van der Waals surface area contributed by atoms with Gasteiger partial charge in [-0.3, -0.25) is 14.5 Å². The second kappa shape index (κ2) is 8.36. The minimum atomic E-state index is -0.458. The highest BCUT2D eigenvalue weighted by Gasteiger charge is 2.40. The number of anilines is 2. The zero-order chi connectivity index (χ0) is 23.1. The molecule has 4 heteroatoms. The molecule has 1 amide bonds. The molecule has 0 fully saturated rings. The highest BCUT2D eigenvalue weighted by atomic mass is 16.2. The number of fused-ring (bicyclic) bond motifs is 1. The van der Waals surface area contributed by atoms with Gasteiger partial charge in [-0.2, -0.15) is 0 Å². The maximum absolute atomic E-state index is 13.8. The Morgan fingerprint density at radius 2 is 1.45 bits per heavy atom. The highest BCUT2D eigenvalue weighted by Crippen LogP contribution is 2.47. The van der Waals surface area contributed by atoms with Crippen LogP contribution in [-0.2, 0) is 9.59 Å². The Labute approximate surface area is 194 Å². The summed E-state index contributed by atoms with van der Waals surface area (Å²) in [5, 5.41) is 3.56. The summed E-state index contributed by atoms with van der Waals surface area (Å²) in [7, 11) is 0. The third-order valence-corrected chi connectivity index (χ3v) is 6.77. The molecular formula is C29H28N2O2. The number of rotatable bonds is 2. The summed E-state index contributed by atoms with van der Waals surface area (Å²) >= 11 is 0. The van der Waals surface area contributed by atoms with Crippen molar-refractivity contribution in [3.05, 3.63) is 106 Å². The maximum Gasteiger partial charge on any atom is 0.224 e. The maximum atomic E-state index is 13.8. The van der Waals surface area contributed by atoms with Gasteiger partial charge in [0.1, 0.15) is 0 Å². The Balaban J connectivity index is 1.69. The second-order valence-corrected chi connectivity index (χ2v) is 9.18. The van der Waals surface area contributed by atoms with Crippen LogP contribution < -0.4 is 10.2 Å². The van der Waals surface area contributed by atoms with Gasteiger partial charge in [0.2, 0.25) is 5.91 Å². The van der Waals surface area contributed by atoms with Gasteiger partial charge >= 0.3 is 0 Å². The minimum Gasteiger partial charge on any atom is -0.357 e. The lowest BCUT2D eigenvalue weighted by molar-refractivity contribution is -0.117. The predicted octanol–water partition coefficient (Wildman–Crippen LogP) is 6.22. The molecule has 1 heterocycles. The molecule has 166 valence electrons. The summed E-state index contributed by atoms with van der Waals surface area (Å²) in [4.78, 5) is 28.6. The van der Waals surface area contributed by atoms with Gasteiger partial charge in [-0.15, -0.1) is 0 Å². The number of para-hydroxylation sites is 2. The van der Waals surface area contributed by atoms with Crippen molar-refractivity contribution in [1.82, 2.24) is 0 Å². The quantitative estimate of drug-likeness (QED) is 0.518. The zero-order valence-electron chi connectivity index (χ0n) is 19.3. The fourth-order valence-electron chi connectivity index (χ4n) is 5.08. The lowest BCUT2D eigenvalue weighted by Gasteiger charge is -2.34. The molecule has 33 heavy (non-hydrogen) atoms. The third kappa shape index (κ3) is 3.86. The monoisotopic (exact) mass is 436 g/mol. The summed E-state index contributed by atoms with van der Waals surface area (Å²) in [6, 6.07) is 24.0. The number of nitrogens with one attached hydrogen (secondary N) is 1. The molecule has 5 rings (SSSR count). The molecule has 0 spiro atoms. The van der Waals surface area contributed by atoms with Crippen LogP contribution in [0.1, 0.15) is 54.0 Å². The first kappa shape index (κ1) is 21.2. The van der Waals surface area contributed by atoms with Crippen molar-refractivity contribution in [3.63, 3.8) is 0 Å². The number of hydrogen-bond acceptors (Lipinski definition) is 3. The van der Waals surface area contributed by atoms with E-state index in [4.69, 9.17) is 0 Å². The van der Waals surface area contributed by atoms with Crippen molar-refractivity contribution in [2.24, 2.45) is 0 Å². The van der Waals surface area contributed by atoms with Crippen molar-refractivity contribution < 1.29 is 9.59 Å². The first-order chi connectivity index (χ1) is 15.9. The van der Waals surface area contributed by atoms with Gasteiger partial charge < -0.3 is 5.32 Å². The molecule has 1 N–H and O–H groups in total. The van der Waals surface area contributed by atoms with Crippen LogP contribution in [0.15, 0.2) is 84.1 Å². The fraction of sp³-hybridized carbons (Fsp3) is 0.241. The van der Waals surface area contributed by atoms with Gasteiger partial charge in [0.15, 0.2) is 5.78 Å². The number of benzene rings is 3. The van der Waals surface area contributed by atoms with E-state index in [1.54, 1.807) is 11.8 Å². The summed E-state index contributed by atoms with van der Waals surface area (Å²) < 4.78 is 0. The van der Waals surface area contributed by atoms with Crippen LogP contribution in [0.25, 0.3) is 0 Å². The van der Waals surface area contributed by atoms with E-state index in [9.17, 15) is 9.59 Å². The van der Waals surface area contributed by atoms with Gasteiger partial charge in [-0.05, 0) is 49.4 Å². The van der Waals surface area contributed by atoms with E-state index in [0.29, 0.717) is 12.0 Å². The zero-order valence-corrected chi connectivity index (χ0v) is 19.3. The Hall–Kier alpha value is -3.66. The molecule has 2 atom stereocenters.